The Morgan fingerprint density at radius 3 is 2.88 bits per heavy atom. The topological polar surface area (TPSA) is 56.4 Å². The van der Waals surface area contributed by atoms with Gasteiger partial charge in [-0.05, 0) is 13.0 Å². The number of nitrogens with one attached hydrogen (secondary N) is 2. The molecular weight excluding hydrogens is 322 g/mol. The number of hydrazine groups is 1. The van der Waals surface area contributed by atoms with Crippen LogP contribution in [0.5, 0.6) is 0 Å². The van der Waals surface area contributed by atoms with Crippen LogP contribution < -0.4 is 10.3 Å². The summed E-state index contributed by atoms with van der Waals surface area (Å²) in [4.78, 5) is 11.0. The monoisotopic (exact) mass is 347 g/mol. The highest BCUT2D eigenvalue weighted by Crippen LogP contribution is 2.29. The zero-order valence-electron chi connectivity index (χ0n) is 14.5. The molecule has 2 aromatic rings. The van der Waals surface area contributed by atoms with Crippen molar-refractivity contribution in [3.05, 3.63) is 28.9 Å². The molecule has 24 heavy (non-hydrogen) atoms. The number of ether oxygens (including phenoxy) is 1. The Hall–Kier alpha value is -1.70. The van der Waals surface area contributed by atoms with Gasteiger partial charge in [0.05, 0.1) is 24.2 Å². The molecule has 3 heterocycles. The number of fused-ring (bicyclic) bond motifs is 1. The highest BCUT2D eigenvalue weighted by molar-refractivity contribution is 7.84. The molecule has 0 amide bonds. The first-order valence-corrected chi connectivity index (χ1v) is 8.80. The summed E-state index contributed by atoms with van der Waals surface area (Å²) >= 11 is 4.60. The fourth-order valence-electron chi connectivity index (χ4n) is 2.87. The van der Waals surface area contributed by atoms with Crippen LogP contribution >= 0.6 is 12.6 Å². The Kier molecular flexibility index (Phi) is 5.33. The molecule has 6 nitrogen and oxygen atoms in total. The third kappa shape index (κ3) is 3.38. The van der Waals surface area contributed by atoms with E-state index in [0.29, 0.717) is 6.73 Å². The first kappa shape index (κ1) is 17.1. The summed E-state index contributed by atoms with van der Waals surface area (Å²) in [6.07, 6.45) is 3.89. The third-order valence-electron chi connectivity index (χ3n) is 4.30. The van der Waals surface area contributed by atoms with Crippen molar-refractivity contribution in [1.82, 2.24) is 20.4 Å². The lowest BCUT2D eigenvalue weighted by atomic mass is 10.1. The summed E-state index contributed by atoms with van der Waals surface area (Å²) in [6.45, 7) is 10.4. The van der Waals surface area contributed by atoms with Crippen LogP contribution in [0, 0.1) is 0 Å². The Labute approximate surface area is 148 Å². The quantitative estimate of drug-likeness (QED) is 0.554. The smallest absolute Gasteiger partial charge is 0.138 e. The van der Waals surface area contributed by atoms with Gasteiger partial charge in [-0.2, -0.15) is 0 Å². The SMILES string of the molecule is CCN(CC)N/C(=C(/C)S)c1c[nH]c2ncc(N3CCOC3)cc12. The number of hydrogen-bond donors (Lipinski definition) is 3. The number of nitrogens with zero attached hydrogens (tertiary/aromatic N) is 3. The summed E-state index contributed by atoms with van der Waals surface area (Å²) in [5, 5.41) is 3.24. The standard InChI is InChI=1S/C17H25N5OS/c1-4-22(5-2)20-16(12(3)24)15-10-19-17-14(15)8-13(9-18-17)21-6-7-23-11-21/h8-10,20,24H,4-7,11H2,1-3H3,(H,18,19)/b16-12-. The molecule has 1 aliphatic heterocycles. The van der Waals surface area contributed by atoms with Gasteiger partial charge in [0.15, 0.2) is 0 Å². The Morgan fingerprint density at radius 2 is 2.25 bits per heavy atom. The van der Waals surface area contributed by atoms with Gasteiger partial charge < -0.3 is 20.0 Å². The van der Waals surface area contributed by atoms with Crippen molar-refractivity contribution in [2.24, 2.45) is 0 Å². The first-order chi connectivity index (χ1) is 11.6. The van der Waals surface area contributed by atoms with Crippen LogP contribution in [0.1, 0.15) is 26.3 Å². The zero-order chi connectivity index (χ0) is 17.1. The number of H-pyrrole nitrogens is 1. The molecule has 0 aliphatic carbocycles. The second-order valence-electron chi connectivity index (χ2n) is 5.84. The van der Waals surface area contributed by atoms with E-state index >= 15 is 0 Å². The van der Waals surface area contributed by atoms with Gasteiger partial charge in [-0.15, -0.1) is 12.6 Å². The number of rotatable bonds is 6. The van der Waals surface area contributed by atoms with Gasteiger partial charge in [0.1, 0.15) is 12.4 Å². The van der Waals surface area contributed by atoms with Crippen molar-refractivity contribution < 1.29 is 4.74 Å². The van der Waals surface area contributed by atoms with Crippen molar-refractivity contribution in [1.29, 1.82) is 0 Å². The molecular formula is C17H25N5OS. The molecule has 1 fully saturated rings. The Bertz CT molecular complexity index is 728. The minimum atomic E-state index is 0.624. The number of anilines is 1. The Morgan fingerprint density at radius 1 is 1.46 bits per heavy atom. The second-order valence-corrected chi connectivity index (χ2v) is 6.51. The second kappa shape index (κ2) is 7.46. The van der Waals surface area contributed by atoms with Gasteiger partial charge >= 0.3 is 0 Å². The van der Waals surface area contributed by atoms with E-state index in [2.05, 4.69) is 57.8 Å². The number of aromatic amines is 1. The van der Waals surface area contributed by atoms with E-state index < -0.39 is 0 Å². The molecule has 0 radical (unpaired) electrons. The van der Waals surface area contributed by atoms with Crippen molar-refractivity contribution in [3.63, 3.8) is 0 Å². The van der Waals surface area contributed by atoms with E-state index in [1.54, 1.807) is 0 Å². The molecule has 0 spiro atoms. The molecule has 1 aliphatic rings. The molecule has 2 aromatic heterocycles. The summed E-state index contributed by atoms with van der Waals surface area (Å²) in [5.41, 5.74) is 7.53. The molecule has 1 saturated heterocycles. The van der Waals surface area contributed by atoms with Gasteiger partial charge in [0.25, 0.3) is 0 Å². The van der Waals surface area contributed by atoms with Crippen molar-refractivity contribution >= 4 is 35.0 Å². The molecule has 0 bridgehead atoms. The van der Waals surface area contributed by atoms with Gasteiger partial charge in [0, 0.05) is 41.7 Å². The normalized spacial score (nSPS) is 16.1. The van der Waals surface area contributed by atoms with E-state index in [4.69, 9.17) is 4.74 Å². The predicted molar refractivity (Wildman–Crippen MR) is 102 cm³/mol. The minimum absolute atomic E-state index is 0.624. The molecule has 3 rings (SSSR count). The first-order valence-electron chi connectivity index (χ1n) is 8.35. The van der Waals surface area contributed by atoms with Crippen LogP contribution in [0.25, 0.3) is 16.7 Å². The lowest BCUT2D eigenvalue weighted by Crippen LogP contribution is -2.36. The van der Waals surface area contributed by atoms with Crippen LogP contribution in [-0.4, -0.2) is 47.9 Å². The predicted octanol–water partition coefficient (Wildman–Crippen LogP) is 2.82. The number of hydrogen-bond acceptors (Lipinski definition) is 6. The maximum absolute atomic E-state index is 5.45. The highest BCUT2D eigenvalue weighted by atomic mass is 32.1. The van der Waals surface area contributed by atoms with Gasteiger partial charge in [0.2, 0.25) is 0 Å². The molecule has 7 heteroatoms. The van der Waals surface area contributed by atoms with Crippen molar-refractivity contribution in [2.45, 2.75) is 20.8 Å². The fourth-order valence-corrected chi connectivity index (χ4v) is 3.04. The maximum Gasteiger partial charge on any atom is 0.138 e. The third-order valence-corrected chi connectivity index (χ3v) is 4.52. The van der Waals surface area contributed by atoms with E-state index in [0.717, 1.165) is 59.1 Å². The molecule has 0 saturated carbocycles. The molecule has 0 unspecified atom stereocenters. The average Bonchev–Trinajstić information content (AvgIpc) is 3.25. The van der Waals surface area contributed by atoms with E-state index in [9.17, 15) is 0 Å². The zero-order valence-corrected chi connectivity index (χ0v) is 15.4. The maximum atomic E-state index is 5.45. The summed E-state index contributed by atoms with van der Waals surface area (Å²) in [7, 11) is 0. The number of pyridine rings is 1. The van der Waals surface area contributed by atoms with E-state index in [1.165, 1.54) is 0 Å². The summed E-state index contributed by atoms with van der Waals surface area (Å²) < 4.78 is 5.45. The highest BCUT2D eigenvalue weighted by Gasteiger charge is 2.17. The summed E-state index contributed by atoms with van der Waals surface area (Å²) in [5.74, 6) is 0. The van der Waals surface area contributed by atoms with E-state index in [1.807, 2.05) is 19.3 Å². The largest absolute Gasteiger partial charge is 0.359 e. The Balaban J connectivity index is 2.00. The van der Waals surface area contributed by atoms with Crippen LogP contribution in [0.15, 0.2) is 23.4 Å². The molecule has 0 atom stereocenters. The minimum Gasteiger partial charge on any atom is -0.359 e. The molecule has 2 N–H and O–H groups in total. The lowest BCUT2D eigenvalue weighted by Gasteiger charge is -2.23. The van der Waals surface area contributed by atoms with Crippen molar-refractivity contribution in [2.75, 3.05) is 37.9 Å². The number of aromatic nitrogens is 2. The van der Waals surface area contributed by atoms with E-state index in [-0.39, 0.29) is 0 Å². The van der Waals surface area contributed by atoms with Gasteiger partial charge in [-0.1, -0.05) is 13.8 Å². The number of thiol groups is 1. The summed E-state index contributed by atoms with van der Waals surface area (Å²) in [6, 6.07) is 2.17. The van der Waals surface area contributed by atoms with Crippen LogP contribution in [-0.2, 0) is 4.74 Å². The van der Waals surface area contributed by atoms with Crippen LogP contribution in [0.2, 0.25) is 0 Å². The van der Waals surface area contributed by atoms with Gasteiger partial charge in [-0.3, -0.25) is 0 Å². The van der Waals surface area contributed by atoms with Crippen LogP contribution in [0.3, 0.4) is 0 Å². The molecule has 130 valence electrons. The number of allylic oxidation sites excluding steroid dienone is 1. The fraction of sp³-hybridized carbons (Fsp3) is 0.471. The lowest BCUT2D eigenvalue weighted by molar-refractivity contribution is 0.201. The average molecular weight is 347 g/mol. The van der Waals surface area contributed by atoms with Gasteiger partial charge in [-0.25, -0.2) is 9.99 Å². The van der Waals surface area contributed by atoms with Crippen molar-refractivity contribution in [3.8, 4) is 0 Å². The van der Waals surface area contributed by atoms with Crippen LogP contribution in [0.4, 0.5) is 5.69 Å². The molecule has 0 aromatic carbocycles.